The summed E-state index contributed by atoms with van der Waals surface area (Å²) in [5.41, 5.74) is 0.424. The molecule has 5 heteroatoms. The Morgan fingerprint density at radius 1 is 1.53 bits per heavy atom. The number of hydrogen-bond acceptors (Lipinski definition) is 2. The van der Waals surface area contributed by atoms with E-state index < -0.39 is 11.8 Å². The average molecular weight is 229 g/mol. The van der Waals surface area contributed by atoms with E-state index in [9.17, 15) is 9.18 Å². The molecule has 0 amide bonds. The lowest BCUT2D eigenvalue weighted by molar-refractivity contribution is -0.132. The molecule has 78 valence electrons. The first-order valence-electron chi connectivity index (χ1n) is 4.13. The minimum atomic E-state index is -1.08. The molecule has 1 aromatic rings. The van der Waals surface area contributed by atoms with Crippen LogP contribution in [0.4, 0.5) is 4.39 Å². The van der Waals surface area contributed by atoms with Crippen molar-refractivity contribution < 1.29 is 19.0 Å². The lowest BCUT2D eigenvalue weighted by atomic mass is 10.1. The smallest absolute Gasteiger partial charge is 0.335 e. The molecule has 1 aromatic carbocycles. The topological polar surface area (TPSA) is 46.5 Å². The zero-order valence-electron chi connectivity index (χ0n) is 7.46. The first kappa shape index (κ1) is 9.98. The highest BCUT2D eigenvalue weighted by molar-refractivity contribution is 6.32. The van der Waals surface area contributed by atoms with Crippen molar-refractivity contribution in [3.63, 3.8) is 0 Å². The number of carboxylic acids is 1. The van der Waals surface area contributed by atoms with Gasteiger partial charge in [0.2, 0.25) is 0 Å². The van der Waals surface area contributed by atoms with Crippen LogP contribution in [0.5, 0.6) is 5.75 Å². The number of benzene rings is 1. The number of carbonyl (C=O) groups is 1. The maximum absolute atomic E-state index is 13.0. The molecule has 0 aliphatic carbocycles. The van der Waals surface area contributed by atoms with Crippen LogP contribution in [-0.4, -0.2) is 17.7 Å². The maximum Gasteiger partial charge on any atom is 0.335 e. The van der Waals surface area contributed by atoms with Crippen LogP contribution in [0.25, 0.3) is 6.08 Å². The van der Waals surface area contributed by atoms with Crippen molar-refractivity contribution in [3.05, 3.63) is 34.1 Å². The highest BCUT2D eigenvalue weighted by Gasteiger charge is 2.19. The van der Waals surface area contributed by atoms with Gasteiger partial charge in [-0.3, -0.25) is 0 Å². The van der Waals surface area contributed by atoms with E-state index in [2.05, 4.69) is 0 Å². The molecule has 2 rings (SSSR count). The minimum Gasteiger partial charge on any atom is -0.486 e. The normalized spacial score (nSPS) is 13.9. The lowest BCUT2D eigenvalue weighted by Crippen LogP contribution is -2.14. The van der Waals surface area contributed by atoms with Crippen LogP contribution in [0.1, 0.15) is 5.56 Å². The molecule has 0 saturated heterocycles. The van der Waals surface area contributed by atoms with Crippen molar-refractivity contribution in [1.29, 1.82) is 0 Å². The van der Waals surface area contributed by atoms with Crippen LogP contribution in [0.2, 0.25) is 5.02 Å². The number of carboxylic acid groups (broad SMARTS) is 1. The predicted molar refractivity (Wildman–Crippen MR) is 52.5 cm³/mol. The standard InChI is InChI=1S/C10H6ClFO3/c11-8-3-7(12)2-5-1-6(10(13)14)4-15-9(5)8/h1-3H,4H2,(H,13,14). The second-order valence-corrected chi connectivity index (χ2v) is 3.48. The summed E-state index contributed by atoms with van der Waals surface area (Å²) in [4.78, 5) is 10.7. The molecule has 0 atom stereocenters. The van der Waals surface area contributed by atoms with Gasteiger partial charge in [-0.1, -0.05) is 11.6 Å². The third-order valence-corrected chi connectivity index (χ3v) is 2.29. The zero-order chi connectivity index (χ0) is 11.0. The molecule has 3 nitrogen and oxygen atoms in total. The summed E-state index contributed by atoms with van der Waals surface area (Å²) in [5.74, 6) is -1.28. The molecule has 15 heavy (non-hydrogen) atoms. The van der Waals surface area contributed by atoms with Gasteiger partial charge in [0.1, 0.15) is 18.2 Å². The molecule has 1 aliphatic rings. The maximum atomic E-state index is 13.0. The summed E-state index contributed by atoms with van der Waals surface area (Å²) in [5, 5.41) is 8.87. The highest BCUT2D eigenvalue weighted by atomic mass is 35.5. The van der Waals surface area contributed by atoms with Gasteiger partial charge in [0.05, 0.1) is 10.6 Å². The van der Waals surface area contributed by atoms with Gasteiger partial charge in [-0.25, -0.2) is 9.18 Å². The molecule has 1 N–H and O–H groups in total. The van der Waals surface area contributed by atoms with Crippen LogP contribution in [0.3, 0.4) is 0 Å². The van der Waals surface area contributed by atoms with Crippen molar-refractivity contribution in [2.24, 2.45) is 0 Å². The fraction of sp³-hybridized carbons (Fsp3) is 0.100. The predicted octanol–water partition coefficient (Wildman–Crippen LogP) is 2.34. The highest BCUT2D eigenvalue weighted by Crippen LogP contribution is 2.34. The lowest BCUT2D eigenvalue weighted by Gasteiger charge is -2.16. The van der Waals surface area contributed by atoms with Gasteiger partial charge in [0.15, 0.2) is 0 Å². The van der Waals surface area contributed by atoms with E-state index in [4.69, 9.17) is 21.4 Å². The average Bonchev–Trinajstić information content (AvgIpc) is 2.16. The molecule has 1 aliphatic heterocycles. The van der Waals surface area contributed by atoms with E-state index in [1.165, 1.54) is 12.1 Å². The van der Waals surface area contributed by atoms with Gasteiger partial charge < -0.3 is 9.84 Å². The SMILES string of the molecule is O=C(O)C1=Cc2cc(F)cc(Cl)c2OC1. The van der Waals surface area contributed by atoms with Gasteiger partial charge in [-0.2, -0.15) is 0 Å². The van der Waals surface area contributed by atoms with E-state index in [0.29, 0.717) is 11.3 Å². The number of hydrogen-bond donors (Lipinski definition) is 1. The molecule has 1 heterocycles. The number of fused-ring (bicyclic) bond motifs is 1. The van der Waals surface area contributed by atoms with Crippen molar-refractivity contribution >= 4 is 23.6 Å². The monoisotopic (exact) mass is 228 g/mol. The summed E-state index contributed by atoms with van der Waals surface area (Å²) in [7, 11) is 0. The number of rotatable bonds is 1. The number of ether oxygens (including phenoxy) is 1. The zero-order valence-corrected chi connectivity index (χ0v) is 8.21. The van der Waals surface area contributed by atoms with Crippen molar-refractivity contribution in [2.45, 2.75) is 0 Å². The van der Waals surface area contributed by atoms with Crippen LogP contribution in [0, 0.1) is 5.82 Å². The molecule has 0 unspecified atom stereocenters. The van der Waals surface area contributed by atoms with Gasteiger partial charge in [-0.05, 0) is 18.2 Å². The molecule has 0 fully saturated rings. The largest absolute Gasteiger partial charge is 0.486 e. The quantitative estimate of drug-likeness (QED) is 0.803. The molecule has 0 spiro atoms. The van der Waals surface area contributed by atoms with E-state index in [-0.39, 0.29) is 17.2 Å². The van der Waals surface area contributed by atoms with E-state index in [0.717, 1.165) is 6.07 Å². The first-order chi connectivity index (χ1) is 7.08. The second kappa shape index (κ2) is 3.55. The molecular weight excluding hydrogens is 223 g/mol. The summed E-state index contributed by atoms with van der Waals surface area (Å²) in [6.45, 7) is -0.0618. The third-order valence-electron chi connectivity index (χ3n) is 2.01. The van der Waals surface area contributed by atoms with Gasteiger partial charge in [-0.15, -0.1) is 0 Å². The Morgan fingerprint density at radius 3 is 2.93 bits per heavy atom. The Hall–Kier alpha value is -1.55. The summed E-state index contributed by atoms with van der Waals surface area (Å²) >= 11 is 5.73. The van der Waals surface area contributed by atoms with Crippen LogP contribution >= 0.6 is 11.6 Å². The molecule has 0 saturated carbocycles. The Bertz CT molecular complexity index is 468. The van der Waals surface area contributed by atoms with Crippen LogP contribution < -0.4 is 4.74 Å². The van der Waals surface area contributed by atoms with E-state index in [1.54, 1.807) is 0 Å². The van der Waals surface area contributed by atoms with Gasteiger partial charge in [0.25, 0.3) is 0 Å². The Labute approximate surface area is 89.7 Å². The van der Waals surface area contributed by atoms with Crippen LogP contribution in [-0.2, 0) is 4.79 Å². The molecule has 0 radical (unpaired) electrons. The molecular formula is C10H6ClFO3. The van der Waals surface area contributed by atoms with Crippen molar-refractivity contribution in [1.82, 2.24) is 0 Å². The van der Waals surface area contributed by atoms with Crippen LogP contribution in [0.15, 0.2) is 17.7 Å². The molecule has 0 bridgehead atoms. The van der Waals surface area contributed by atoms with Crippen molar-refractivity contribution in [2.75, 3.05) is 6.61 Å². The summed E-state index contributed by atoms with van der Waals surface area (Å²) < 4.78 is 18.1. The fourth-order valence-electron chi connectivity index (χ4n) is 1.34. The minimum absolute atomic E-state index is 0.0618. The molecule has 0 aromatic heterocycles. The van der Waals surface area contributed by atoms with E-state index >= 15 is 0 Å². The van der Waals surface area contributed by atoms with E-state index in [1.807, 2.05) is 0 Å². The Morgan fingerprint density at radius 2 is 2.27 bits per heavy atom. The second-order valence-electron chi connectivity index (χ2n) is 3.07. The first-order valence-corrected chi connectivity index (χ1v) is 4.51. The number of aliphatic carboxylic acids is 1. The Balaban J connectivity index is 2.54. The van der Waals surface area contributed by atoms with Crippen molar-refractivity contribution in [3.8, 4) is 5.75 Å². The fourth-order valence-corrected chi connectivity index (χ4v) is 1.61. The third kappa shape index (κ3) is 1.80. The Kier molecular flexibility index (Phi) is 2.36. The summed E-state index contributed by atoms with van der Waals surface area (Å²) in [6, 6.07) is 2.31. The summed E-state index contributed by atoms with van der Waals surface area (Å²) in [6.07, 6.45) is 1.36. The number of halogens is 2. The van der Waals surface area contributed by atoms with Gasteiger partial charge >= 0.3 is 5.97 Å². The van der Waals surface area contributed by atoms with Gasteiger partial charge in [0, 0.05) is 5.56 Å².